The van der Waals surface area contributed by atoms with Crippen molar-refractivity contribution in [2.75, 3.05) is 56.2 Å². The van der Waals surface area contributed by atoms with Gasteiger partial charge < -0.3 is 24.8 Å². The second kappa shape index (κ2) is 10.3. The van der Waals surface area contributed by atoms with E-state index in [2.05, 4.69) is 21.4 Å². The van der Waals surface area contributed by atoms with Crippen molar-refractivity contribution in [3.8, 4) is 17.2 Å². The Hall–Kier alpha value is -3.84. The van der Waals surface area contributed by atoms with Crippen molar-refractivity contribution in [2.45, 2.75) is 32.2 Å². The molecule has 0 aliphatic carbocycles. The van der Waals surface area contributed by atoms with E-state index in [-0.39, 0.29) is 5.91 Å². The highest BCUT2D eigenvalue weighted by Crippen LogP contribution is 2.39. The van der Waals surface area contributed by atoms with Crippen LogP contribution in [0.1, 0.15) is 31.7 Å². The van der Waals surface area contributed by atoms with Crippen LogP contribution >= 0.6 is 0 Å². The first kappa shape index (κ1) is 24.8. The summed E-state index contributed by atoms with van der Waals surface area (Å²) in [7, 11) is 3.89. The molecule has 194 valence electrons. The number of nitriles is 1. The van der Waals surface area contributed by atoms with Crippen LogP contribution in [0.15, 0.2) is 35.8 Å². The van der Waals surface area contributed by atoms with Crippen LogP contribution in [0.5, 0.6) is 0 Å². The van der Waals surface area contributed by atoms with Gasteiger partial charge in [-0.3, -0.25) is 14.9 Å². The Bertz CT molecular complexity index is 1280. The number of aryl methyl sites for hydroxylation is 1. The van der Waals surface area contributed by atoms with E-state index in [1.807, 2.05) is 42.2 Å². The number of hydrogen-bond acceptors (Lipinski definition) is 7. The summed E-state index contributed by atoms with van der Waals surface area (Å²) in [6.45, 7) is 5.46. The van der Waals surface area contributed by atoms with Gasteiger partial charge in [-0.25, -0.2) is 0 Å². The molecule has 10 heteroatoms. The van der Waals surface area contributed by atoms with Crippen molar-refractivity contribution in [2.24, 2.45) is 7.05 Å². The Kier molecular flexibility index (Phi) is 6.89. The van der Waals surface area contributed by atoms with E-state index in [1.165, 1.54) is 0 Å². The maximum absolute atomic E-state index is 12.3. The summed E-state index contributed by atoms with van der Waals surface area (Å²) in [6, 6.07) is 6.58. The maximum Gasteiger partial charge on any atom is 0.219 e. The average Bonchev–Trinajstić information content (AvgIpc) is 3.34. The molecule has 0 spiro atoms. The van der Waals surface area contributed by atoms with E-state index in [0.29, 0.717) is 43.5 Å². The molecule has 4 heterocycles. The number of benzene rings is 1. The van der Waals surface area contributed by atoms with Crippen molar-refractivity contribution in [1.82, 2.24) is 20.0 Å². The number of nitrogens with zero attached hydrogens (tertiary/aromatic N) is 6. The van der Waals surface area contributed by atoms with Crippen LogP contribution in [0.25, 0.3) is 11.1 Å². The number of likely N-dealkylation sites (N-methyl/N-ethyl adjacent to an activating group) is 1. The highest BCUT2D eigenvalue weighted by Gasteiger charge is 2.32. The van der Waals surface area contributed by atoms with Gasteiger partial charge in [0.05, 0.1) is 35.7 Å². The minimum Gasteiger partial charge on any atom is -0.385 e. The van der Waals surface area contributed by atoms with E-state index >= 15 is 0 Å². The van der Waals surface area contributed by atoms with Crippen LogP contribution in [0.3, 0.4) is 0 Å². The lowest BCUT2D eigenvalue weighted by atomic mass is 9.97. The molecule has 0 unspecified atom stereocenters. The molecule has 1 fully saturated rings. The summed E-state index contributed by atoms with van der Waals surface area (Å²) in [4.78, 5) is 18.2. The quantitative estimate of drug-likeness (QED) is 0.488. The van der Waals surface area contributed by atoms with Gasteiger partial charge in [0, 0.05) is 94.9 Å². The Morgan fingerprint density at radius 3 is 2.65 bits per heavy atom. The van der Waals surface area contributed by atoms with Crippen molar-refractivity contribution in [3.63, 3.8) is 0 Å². The largest absolute Gasteiger partial charge is 0.385 e. The van der Waals surface area contributed by atoms with E-state index in [1.54, 1.807) is 17.8 Å². The smallest absolute Gasteiger partial charge is 0.219 e. The van der Waals surface area contributed by atoms with Gasteiger partial charge in [0.15, 0.2) is 0 Å². The molecule has 10 nitrogen and oxygen atoms in total. The van der Waals surface area contributed by atoms with Crippen molar-refractivity contribution >= 4 is 23.1 Å². The summed E-state index contributed by atoms with van der Waals surface area (Å²) < 4.78 is 7.25. The SMILES string of the molecule is CC(=O)N1CCC(NC2CCOCC2)=C(C(=N)N2CCN(C)c3cc(-c4cnn(C)c4)c(C#N)cc32)C1. The fourth-order valence-electron chi connectivity index (χ4n) is 5.37. The number of carbonyl (C=O) groups is 1. The fourth-order valence-corrected chi connectivity index (χ4v) is 5.37. The second-order valence-electron chi connectivity index (χ2n) is 10.0. The number of hydrogen-bond donors (Lipinski definition) is 2. The standard InChI is InChI=1S/C27H34N8O2/c1-18(36)34-7-4-24(31-21-5-10-37-11-6-21)23(17-34)27(29)35-9-8-32(2)25-13-22(19(14-28)12-26(25)35)20-15-30-33(3)16-20/h12-13,15-16,21,29,31H,4-11,17H2,1-3H3. The Labute approximate surface area is 217 Å². The summed E-state index contributed by atoms with van der Waals surface area (Å²) in [5.41, 5.74) is 5.95. The van der Waals surface area contributed by atoms with Crippen LogP contribution in [0, 0.1) is 16.7 Å². The number of rotatable bonds is 4. The lowest BCUT2D eigenvalue weighted by Crippen LogP contribution is -2.48. The molecule has 3 aliphatic heterocycles. The minimum absolute atomic E-state index is 0.0158. The van der Waals surface area contributed by atoms with Crippen LogP contribution in [-0.4, -0.2) is 78.9 Å². The normalized spacial score (nSPS) is 18.5. The van der Waals surface area contributed by atoms with Crippen LogP contribution < -0.4 is 15.1 Å². The van der Waals surface area contributed by atoms with Gasteiger partial charge in [0.1, 0.15) is 5.84 Å². The zero-order valence-electron chi connectivity index (χ0n) is 21.8. The molecule has 0 saturated carbocycles. The third-order valence-electron chi connectivity index (χ3n) is 7.56. The Morgan fingerprint density at radius 2 is 1.97 bits per heavy atom. The molecular weight excluding hydrogens is 468 g/mol. The molecule has 1 aromatic heterocycles. The predicted octanol–water partition coefficient (Wildman–Crippen LogP) is 2.47. The third kappa shape index (κ3) is 4.91. The highest BCUT2D eigenvalue weighted by atomic mass is 16.5. The van der Waals surface area contributed by atoms with Gasteiger partial charge in [0.2, 0.25) is 5.91 Å². The Morgan fingerprint density at radius 1 is 1.19 bits per heavy atom. The first-order valence-corrected chi connectivity index (χ1v) is 12.8. The first-order valence-electron chi connectivity index (χ1n) is 12.8. The van der Waals surface area contributed by atoms with Gasteiger partial charge in [0.25, 0.3) is 0 Å². The van der Waals surface area contributed by atoms with Crippen LogP contribution in [0.2, 0.25) is 0 Å². The number of fused-ring (bicyclic) bond motifs is 1. The number of nitrogens with one attached hydrogen (secondary N) is 2. The number of carbonyl (C=O) groups excluding carboxylic acids is 1. The molecule has 5 rings (SSSR count). The minimum atomic E-state index is 0.0158. The van der Waals surface area contributed by atoms with Gasteiger partial charge in [-0.1, -0.05) is 0 Å². The molecule has 0 atom stereocenters. The summed E-state index contributed by atoms with van der Waals surface area (Å²) >= 11 is 0. The Balaban J connectivity index is 1.53. The lowest BCUT2D eigenvalue weighted by Gasteiger charge is -2.40. The molecule has 0 radical (unpaired) electrons. The van der Waals surface area contributed by atoms with E-state index < -0.39 is 0 Å². The lowest BCUT2D eigenvalue weighted by molar-refractivity contribution is -0.128. The third-order valence-corrected chi connectivity index (χ3v) is 7.56. The van der Waals surface area contributed by atoms with E-state index in [0.717, 1.165) is 66.4 Å². The number of aromatic nitrogens is 2. The van der Waals surface area contributed by atoms with Crippen molar-refractivity contribution in [1.29, 1.82) is 10.7 Å². The van der Waals surface area contributed by atoms with Crippen LogP contribution in [0.4, 0.5) is 11.4 Å². The van der Waals surface area contributed by atoms with Crippen molar-refractivity contribution < 1.29 is 9.53 Å². The monoisotopic (exact) mass is 502 g/mol. The van der Waals surface area contributed by atoms with Gasteiger partial charge in [-0.05, 0) is 25.0 Å². The zero-order chi connectivity index (χ0) is 26.1. The van der Waals surface area contributed by atoms with Crippen molar-refractivity contribution in [3.05, 3.63) is 41.4 Å². The fraction of sp³-hybridized carbons (Fsp3) is 0.481. The number of ether oxygens (including phenoxy) is 1. The summed E-state index contributed by atoms with van der Waals surface area (Å²) in [5.74, 6) is 0.398. The molecule has 1 amide bonds. The second-order valence-corrected chi connectivity index (χ2v) is 10.0. The molecular formula is C27H34N8O2. The molecule has 2 N–H and O–H groups in total. The molecule has 1 aromatic carbocycles. The van der Waals surface area contributed by atoms with E-state index in [4.69, 9.17) is 4.74 Å². The summed E-state index contributed by atoms with van der Waals surface area (Å²) in [5, 5.41) is 27.3. The highest BCUT2D eigenvalue weighted by molar-refractivity contribution is 6.11. The topological polar surface area (TPSA) is 114 Å². The molecule has 3 aliphatic rings. The van der Waals surface area contributed by atoms with Gasteiger partial charge in [-0.2, -0.15) is 10.4 Å². The molecule has 2 aromatic rings. The number of anilines is 2. The molecule has 37 heavy (non-hydrogen) atoms. The van der Waals surface area contributed by atoms with Crippen LogP contribution in [-0.2, 0) is 16.6 Å². The summed E-state index contributed by atoms with van der Waals surface area (Å²) in [6.07, 6.45) is 6.23. The predicted molar refractivity (Wildman–Crippen MR) is 143 cm³/mol. The first-order chi connectivity index (χ1) is 17.9. The number of amidine groups is 1. The average molecular weight is 503 g/mol. The maximum atomic E-state index is 12.3. The number of amides is 1. The van der Waals surface area contributed by atoms with E-state index in [9.17, 15) is 15.5 Å². The van der Waals surface area contributed by atoms with Gasteiger partial charge >= 0.3 is 0 Å². The van der Waals surface area contributed by atoms with Gasteiger partial charge in [-0.15, -0.1) is 0 Å². The zero-order valence-corrected chi connectivity index (χ0v) is 21.8. The molecule has 0 bridgehead atoms. The molecule has 1 saturated heterocycles.